The molecule has 1 aliphatic heterocycles. The highest BCUT2D eigenvalue weighted by atomic mass is 35.5. The summed E-state index contributed by atoms with van der Waals surface area (Å²) in [5, 5.41) is 8.20. The number of rotatable bonds is 2. The maximum Gasteiger partial charge on any atom is 0.154 e. The topological polar surface area (TPSA) is 55.1 Å². The number of halogens is 4. The van der Waals surface area contributed by atoms with Gasteiger partial charge in [0.2, 0.25) is 0 Å². The lowest BCUT2D eigenvalue weighted by molar-refractivity contribution is 0.455. The number of nitrogens with zero attached hydrogens (tertiary/aromatic N) is 4. The van der Waals surface area contributed by atoms with E-state index in [-0.39, 0.29) is 37.2 Å². The van der Waals surface area contributed by atoms with Gasteiger partial charge in [-0.15, -0.1) is 37.2 Å². The molecule has 136 valence electrons. The molecule has 0 aromatic carbocycles. The van der Waals surface area contributed by atoms with Gasteiger partial charge < -0.3 is 5.32 Å². The van der Waals surface area contributed by atoms with Crippen LogP contribution < -0.4 is 5.32 Å². The lowest BCUT2D eigenvalue weighted by Gasteiger charge is -2.22. The van der Waals surface area contributed by atoms with Crippen LogP contribution in [0.3, 0.4) is 0 Å². The first-order valence-corrected chi connectivity index (χ1v) is 7.87. The molecule has 0 aliphatic carbocycles. The first-order chi connectivity index (χ1) is 10.8. The second-order valence-electron chi connectivity index (χ2n) is 5.56. The Hall–Kier alpha value is -1.11. The van der Waals surface area contributed by atoms with Crippen LogP contribution >= 0.6 is 48.8 Å². The van der Waals surface area contributed by atoms with Crippen LogP contribution in [-0.2, 0) is 0 Å². The summed E-state index contributed by atoms with van der Waals surface area (Å²) in [7, 11) is 0. The molecule has 0 amide bonds. The van der Waals surface area contributed by atoms with E-state index < -0.39 is 0 Å². The predicted octanol–water partition coefficient (Wildman–Crippen LogP) is 4.18. The monoisotopic (exact) mass is 421 g/mol. The highest BCUT2D eigenvalue weighted by Gasteiger charge is 2.17. The van der Waals surface area contributed by atoms with E-state index in [2.05, 4.69) is 27.5 Å². The van der Waals surface area contributed by atoms with Crippen molar-refractivity contribution in [1.82, 2.24) is 24.9 Å². The fourth-order valence-corrected chi connectivity index (χ4v) is 3.09. The Labute approximate surface area is 169 Å². The quantitative estimate of drug-likeness (QED) is 0.672. The Bertz CT molecular complexity index is 817. The van der Waals surface area contributed by atoms with Crippen LogP contribution in [0.25, 0.3) is 17.0 Å². The highest BCUT2D eigenvalue weighted by Crippen LogP contribution is 2.25. The molecule has 0 spiro atoms. The largest absolute Gasteiger partial charge is 0.316 e. The normalized spacial score (nSPS) is 16.4. The first kappa shape index (κ1) is 21.9. The molecular weight excluding hydrogens is 404 g/mol. The molecule has 4 rings (SSSR count). The lowest BCUT2D eigenvalue weighted by Crippen LogP contribution is -2.28. The molecule has 1 aliphatic rings. The standard InChI is InChI=1S/C16H16ClN5.3ClH/c17-15-6-7-16-19-10-14(22(16)21-15)13-5-1-4-12(20-13)11-3-2-8-18-9-11;;;/h1,4-7,10-11,18H,2-3,8-9H2;3*1H. The van der Waals surface area contributed by atoms with Crippen LogP contribution in [0.15, 0.2) is 36.5 Å². The summed E-state index contributed by atoms with van der Waals surface area (Å²) in [6.07, 6.45) is 4.17. The van der Waals surface area contributed by atoms with E-state index in [0.29, 0.717) is 11.1 Å². The number of piperidine rings is 1. The summed E-state index contributed by atoms with van der Waals surface area (Å²) >= 11 is 6.00. The maximum absolute atomic E-state index is 6.00. The smallest absolute Gasteiger partial charge is 0.154 e. The number of fused-ring (bicyclic) bond motifs is 1. The summed E-state index contributed by atoms with van der Waals surface area (Å²) < 4.78 is 1.74. The van der Waals surface area contributed by atoms with Crippen LogP contribution in [0.2, 0.25) is 5.15 Å². The second-order valence-corrected chi connectivity index (χ2v) is 5.95. The third kappa shape index (κ3) is 4.54. The van der Waals surface area contributed by atoms with E-state index in [1.165, 1.54) is 12.8 Å². The van der Waals surface area contributed by atoms with Crippen molar-refractivity contribution in [3.05, 3.63) is 47.4 Å². The van der Waals surface area contributed by atoms with Crippen LogP contribution in [0.1, 0.15) is 24.5 Å². The van der Waals surface area contributed by atoms with E-state index in [1.807, 2.05) is 12.1 Å². The Kier molecular flexibility index (Phi) is 8.38. The molecule has 1 N–H and O–H groups in total. The number of hydrogen-bond acceptors (Lipinski definition) is 4. The first-order valence-electron chi connectivity index (χ1n) is 7.49. The minimum Gasteiger partial charge on any atom is -0.316 e. The fraction of sp³-hybridized carbons (Fsp3) is 0.312. The van der Waals surface area contributed by atoms with Gasteiger partial charge >= 0.3 is 0 Å². The number of pyridine rings is 1. The molecule has 5 nitrogen and oxygen atoms in total. The molecule has 1 atom stereocenters. The summed E-state index contributed by atoms with van der Waals surface area (Å²) in [5.74, 6) is 0.476. The SMILES string of the molecule is Cl.Cl.Cl.Clc1ccc2ncc(-c3cccc(C4CCCNC4)n3)n2n1. The molecule has 0 saturated carbocycles. The molecule has 3 aromatic heterocycles. The van der Waals surface area contributed by atoms with Crippen molar-refractivity contribution in [2.75, 3.05) is 13.1 Å². The van der Waals surface area contributed by atoms with Gasteiger partial charge in [0, 0.05) is 18.2 Å². The zero-order chi connectivity index (χ0) is 14.9. The molecule has 25 heavy (non-hydrogen) atoms. The number of imidazole rings is 1. The van der Waals surface area contributed by atoms with Gasteiger partial charge in [0.15, 0.2) is 5.65 Å². The summed E-state index contributed by atoms with van der Waals surface area (Å²) in [4.78, 5) is 9.20. The van der Waals surface area contributed by atoms with Crippen molar-refractivity contribution in [2.24, 2.45) is 0 Å². The van der Waals surface area contributed by atoms with Gasteiger partial charge in [0.05, 0.1) is 11.9 Å². The van der Waals surface area contributed by atoms with Gasteiger partial charge in [-0.1, -0.05) is 17.7 Å². The molecular formula is C16H19Cl4N5. The lowest BCUT2D eigenvalue weighted by atomic mass is 9.95. The molecule has 1 saturated heterocycles. The molecule has 1 unspecified atom stereocenters. The van der Waals surface area contributed by atoms with E-state index in [1.54, 1.807) is 16.8 Å². The third-order valence-corrected chi connectivity index (χ3v) is 4.28. The van der Waals surface area contributed by atoms with Gasteiger partial charge in [-0.2, -0.15) is 5.10 Å². The zero-order valence-electron chi connectivity index (χ0n) is 13.3. The Morgan fingerprint density at radius 2 is 1.96 bits per heavy atom. The molecule has 0 radical (unpaired) electrons. The molecule has 9 heteroatoms. The minimum absolute atomic E-state index is 0. The zero-order valence-corrected chi connectivity index (χ0v) is 16.5. The van der Waals surface area contributed by atoms with Gasteiger partial charge in [0.25, 0.3) is 0 Å². The Morgan fingerprint density at radius 3 is 2.72 bits per heavy atom. The van der Waals surface area contributed by atoms with Crippen LogP contribution in [0, 0.1) is 0 Å². The van der Waals surface area contributed by atoms with E-state index in [4.69, 9.17) is 16.6 Å². The Morgan fingerprint density at radius 1 is 1.12 bits per heavy atom. The van der Waals surface area contributed by atoms with E-state index in [9.17, 15) is 0 Å². The van der Waals surface area contributed by atoms with Crippen LogP contribution in [0.4, 0.5) is 0 Å². The van der Waals surface area contributed by atoms with E-state index in [0.717, 1.165) is 35.8 Å². The number of aromatic nitrogens is 4. The summed E-state index contributed by atoms with van der Waals surface area (Å²) in [5.41, 5.74) is 3.64. The molecule has 3 aromatic rings. The predicted molar refractivity (Wildman–Crippen MR) is 108 cm³/mol. The number of nitrogens with one attached hydrogen (secondary N) is 1. The summed E-state index contributed by atoms with van der Waals surface area (Å²) in [6.45, 7) is 2.10. The summed E-state index contributed by atoms with van der Waals surface area (Å²) in [6, 6.07) is 9.74. The van der Waals surface area contributed by atoms with Crippen molar-refractivity contribution in [2.45, 2.75) is 18.8 Å². The van der Waals surface area contributed by atoms with Crippen LogP contribution in [0.5, 0.6) is 0 Å². The minimum atomic E-state index is 0. The average Bonchev–Trinajstić information content (AvgIpc) is 2.99. The third-order valence-electron chi connectivity index (χ3n) is 4.08. The molecule has 0 bridgehead atoms. The van der Waals surface area contributed by atoms with Gasteiger partial charge in [-0.05, 0) is 43.7 Å². The molecule has 4 heterocycles. The number of hydrogen-bond donors (Lipinski definition) is 1. The van der Waals surface area contributed by atoms with Gasteiger partial charge in [-0.25, -0.2) is 9.50 Å². The van der Waals surface area contributed by atoms with Gasteiger partial charge in [-0.3, -0.25) is 4.98 Å². The van der Waals surface area contributed by atoms with Crippen molar-refractivity contribution in [1.29, 1.82) is 0 Å². The van der Waals surface area contributed by atoms with Crippen LogP contribution in [-0.4, -0.2) is 32.7 Å². The van der Waals surface area contributed by atoms with Crippen molar-refractivity contribution >= 4 is 54.5 Å². The van der Waals surface area contributed by atoms with Gasteiger partial charge in [0.1, 0.15) is 10.8 Å². The van der Waals surface area contributed by atoms with E-state index >= 15 is 0 Å². The van der Waals surface area contributed by atoms with Crippen molar-refractivity contribution < 1.29 is 0 Å². The van der Waals surface area contributed by atoms with Crippen molar-refractivity contribution in [3.8, 4) is 11.4 Å². The Balaban J connectivity index is 0.00000104. The highest BCUT2D eigenvalue weighted by molar-refractivity contribution is 6.29. The van der Waals surface area contributed by atoms with Crippen molar-refractivity contribution in [3.63, 3.8) is 0 Å². The fourth-order valence-electron chi connectivity index (χ4n) is 2.95. The molecule has 1 fully saturated rings. The maximum atomic E-state index is 6.00. The second kappa shape index (κ2) is 9.55. The average molecular weight is 423 g/mol.